The molecular weight excluding hydrogens is 272 g/mol. The van der Waals surface area contributed by atoms with Gasteiger partial charge in [-0.2, -0.15) is 5.10 Å². The van der Waals surface area contributed by atoms with Crippen LogP contribution in [0.4, 0.5) is 5.82 Å². The van der Waals surface area contributed by atoms with Crippen molar-refractivity contribution in [2.45, 2.75) is 6.54 Å². The van der Waals surface area contributed by atoms with Crippen molar-refractivity contribution in [3.8, 4) is 5.88 Å². The van der Waals surface area contributed by atoms with E-state index in [0.29, 0.717) is 18.2 Å². The van der Waals surface area contributed by atoms with E-state index in [-0.39, 0.29) is 0 Å². The zero-order chi connectivity index (χ0) is 11.5. The SMILES string of the molecule is COc1cccc(Cn2ncc(Br)c2N)n1. The Morgan fingerprint density at radius 3 is 2.94 bits per heavy atom. The topological polar surface area (TPSA) is 66.0 Å². The molecule has 5 nitrogen and oxygen atoms in total. The van der Waals surface area contributed by atoms with E-state index in [9.17, 15) is 0 Å². The number of aromatic nitrogens is 3. The molecule has 0 saturated carbocycles. The van der Waals surface area contributed by atoms with Crippen LogP contribution < -0.4 is 10.5 Å². The Labute approximate surface area is 101 Å². The highest BCUT2D eigenvalue weighted by molar-refractivity contribution is 9.10. The number of hydrogen-bond donors (Lipinski definition) is 1. The van der Waals surface area contributed by atoms with Crippen LogP contribution in [0.3, 0.4) is 0 Å². The number of anilines is 1. The van der Waals surface area contributed by atoms with Crippen LogP contribution in [0.25, 0.3) is 0 Å². The Bertz CT molecular complexity index is 497. The van der Waals surface area contributed by atoms with E-state index in [1.54, 1.807) is 24.1 Å². The van der Waals surface area contributed by atoms with Crippen molar-refractivity contribution in [3.63, 3.8) is 0 Å². The van der Waals surface area contributed by atoms with Crippen molar-refractivity contribution >= 4 is 21.7 Å². The molecule has 0 aliphatic rings. The third kappa shape index (κ3) is 2.16. The minimum atomic E-state index is 0.522. The molecule has 0 radical (unpaired) electrons. The molecule has 0 atom stereocenters. The van der Waals surface area contributed by atoms with Gasteiger partial charge in [-0.05, 0) is 22.0 Å². The van der Waals surface area contributed by atoms with Crippen molar-refractivity contribution in [3.05, 3.63) is 34.6 Å². The van der Waals surface area contributed by atoms with Gasteiger partial charge in [0.2, 0.25) is 5.88 Å². The second kappa shape index (κ2) is 4.52. The summed E-state index contributed by atoms with van der Waals surface area (Å²) in [5, 5.41) is 4.13. The van der Waals surface area contributed by atoms with Crippen LogP contribution in [0.2, 0.25) is 0 Å². The molecule has 0 bridgehead atoms. The summed E-state index contributed by atoms with van der Waals surface area (Å²) in [5.74, 6) is 1.17. The molecule has 0 aliphatic carbocycles. The van der Waals surface area contributed by atoms with Gasteiger partial charge in [-0.15, -0.1) is 0 Å². The van der Waals surface area contributed by atoms with E-state index in [1.807, 2.05) is 12.1 Å². The van der Waals surface area contributed by atoms with E-state index in [4.69, 9.17) is 10.5 Å². The number of pyridine rings is 1. The zero-order valence-electron chi connectivity index (χ0n) is 8.72. The molecule has 2 aromatic rings. The van der Waals surface area contributed by atoms with Gasteiger partial charge < -0.3 is 10.5 Å². The predicted octanol–water partition coefficient (Wildman–Crippen LogP) is 1.68. The molecular formula is C10H11BrN4O. The van der Waals surface area contributed by atoms with Crippen molar-refractivity contribution in [2.75, 3.05) is 12.8 Å². The average molecular weight is 283 g/mol. The molecule has 6 heteroatoms. The van der Waals surface area contributed by atoms with Crippen LogP contribution in [-0.4, -0.2) is 21.9 Å². The first-order chi connectivity index (χ1) is 7.70. The molecule has 2 N–H and O–H groups in total. The third-order valence-corrected chi connectivity index (χ3v) is 2.75. The Morgan fingerprint density at radius 2 is 2.31 bits per heavy atom. The van der Waals surface area contributed by atoms with Crippen LogP contribution in [0, 0.1) is 0 Å². The maximum atomic E-state index is 5.82. The summed E-state index contributed by atoms with van der Waals surface area (Å²) in [4.78, 5) is 4.28. The summed E-state index contributed by atoms with van der Waals surface area (Å²) in [6.45, 7) is 0.522. The summed E-state index contributed by atoms with van der Waals surface area (Å²) >= 11 is 3.30. The molecule has 0 aliphatic heterocycles. The lowest BCUT2D eigenvalue weighted by Crippen LogP contribution is -2.07. The maximum absolute atomic E-state index is 5.82. The van der Waals surface area contributed by atoms with Crippen LogP contribution in [0.1, 0.15) is 5.69 Å². The molecule has 2 heterocycles. The minimum absolute atomic E-state index is 0.522. The smallest absolute Gasteiger partial charge is 0.213 e. The van der Waals surface area contributed by atoms with E-state index in [2.05, 4.69) is 26.0 Å². The van der Waals surface area contributed by atoms with Gasteiger partial charge in [0.1, 0.15) is 5.82 Å². The molecule has 0 spiro atoms. The van der Waals surface area contributed by atoms with Gasteiger partial charge in [0.05, 0.1) is 30.0 Å². The Hall–Kier alpha value is -1.56. The lowest BCUT2D eigenvalue weighted by atomic mass is 10.3. The number of nitrogens with two attached hydrogens (primary N) is 1. The summed E-state index contributed by atoms with van der Waals surface area (Å²) in [5.41, 5.74) is 6.66. The van der Waals surface area contributed by atoms with E-state index in [0.717, 1.165) is 10.2 Å². The summed E-state index contributed by atoms with van der Waals surface area (Å²) in [7, 11) is 1.59. The number of halogens is 1. The van der Waals surface area contributed by atoms with Crippen molar-refractivity contribution < 1.29 is 4.74 Å². The fraction of sp³-hybridized carbons (Fsp3) is 0.200. The number of hydrogen-bond acceptors (Lipinski definition) is 4. The van der Waals surface area contributed by atoms with Gasteiger partial charge in [0.15, 0.2) is 0 Å². The van der Waals surface area contributed by atoms with Gasteiger partial charge in [0.25, 0.3) is 0 Å². The van der Waals surface area contributed by atoms with Gasteiger partial charge in [0, 0.05) is 6.07 Å². The largest absolute Gasteiger partial charge is 0.481 e. The zero-order valence-corrected chi connectivity index (χ0v) is 10.3. The second-order valence-corrected chi connectivity index (χ2v) is 4.06. The molecule has 0 aromatic carbocycles. The monoisotopic (exact) mass is 282 g/mol. The quantitative estimate of drug-likeness (QED) is 0.930. The Morgan fingerprint density at radius 1 is 1.50 bits per heavy atom. The lowest BCUT2D eigenvalue weighted by Gasteiger charge is -2.05. The van der Waals surface area contributed by atoms with Gasteiger partial charge in [-0.25, -0.2) is 9.67 Å². The molecule has 2 aromatic heterocycles. The van der Waals surface area contributed by atoms with Gasteiger partial charge in [-0.3, -0.25) is 0 Å². The van der Waals surface area contributed by atoms with Gasteiger partial charge >= 0.3 is 0 Å². The molecule has 0 saturated heterocycles. The Balaban J connectivity index is 2.23. The molecule has 2 rings (SSSR count). The highest BCUT2D eigenvalue weighted by atomic mass is 79.9. The number of methoxy groups -OCH3 is 1. The maximum Gasteiger partial charge on any atom is 0.213 e. The Kier molecular flexibility index (Phi) is 3.09. The third-order valence-electron chi connectivity index (χ3n) is 2.14. The normalized spacial score (nSPS) is 10.4. The number of nitrogens with zero attached hydrogens (tertiary/aromatic N) is 3. The summed E-state index contributed by atoms with van der Waals surface area (Å²) in [6.07, 6.45) is 1.66. The first-order valence-electron chi connectivity index (χ1n) is 4.67. The van der Waals surface area contributed by atoms with E-state index in [1.165, 1.54) is 0 Å². The average Bonchev–Trinajstić information content (AvgIpc) is 2.61. The lowest BCUT2D eigenvalue weighted by molar-refractivity contribution is 0.395. The van der Waals surface area contributed by atoms with E-state index >= 15 is 0 Å². The fourth-order valence-corrected chi connectivity index (χ4v) is 1.61. The van der Waals surface area contributed by atoms with Crippen LogP contribution >= 0.6 is 15.9 Å². The first kappa shape index (κ1) is 10.9. The standard InChI is InChI=1S/C10H11BrN4O/c1-16-9-4-2-3-7(14-9)6-15-10(12)8(11)5-13-15/h2-5H,6,12H2,1H3. The molecule has 84 valence electrons. The van der Waals surface area contributed by atoms with Crippen molar-refractivity contribution in [1.82, 2.24) is 14.8 Å². The summed E-state index contributed by atoms with van der Waals surface area (Å²) < 4.78 is 7.51. The second-order valence-electron chi connectivity index (χ2n) is 3.21. The molecule has 0 unspecified atom stereocenters. The molecule has 0 amide bonds. The van der Waals surface area contributed by atoms with Crippen molar-refractivity contribution in [2.24, 2.45) is 0 Å². The fourth-order valence-electron chi connectivity index (χ4n) is 1.31. The predicted molar refractivity (Wildman–Crippen MR) is 64.2 cm³/mol. The van der Waals surface area contributed by atoms with E-state index < -0.39 is 0 Å². The molecule has 16 heavy (non-hydrogen) atoms. The first-order valence-corrected chi connectivity index (χ1v) is 5.46. The van der Waals surface area contributed by atoms with Crippen LogP contribution in [0.15, 0.2) is 28.9 Å². The highest BCUT2D eigenvalue weighted by Gasteiger charge is 2.06. The van der Waals surface area contributed by atoms with Crippen LogP contribution in [-0.2, 0) is 6.54 Å². The van der Waals surface area contributed by atoms with Crippen LogP contribution in [0.5, 0.6) is 5.88 Å². The number of ether oxygens (including phenoxy) is 1. The minimum Gasteiger partial charge on any atom is -0.481 e. The highest BCUT2D eigenvalue weighted by Crippen LogP contribution is 2.18. The molecule has 0 fully saturated rings. The number of nitrogen functional groups attached to an aromatic ring is 1. The van der Waals surface area contributed by atoms with Crippen molar-refractivity contribution in [1.29, 1.82) is 0 Å². The summed E-state index contributed by atoms with van der Waals surface area (Å²) in [6, 6.07) is 5.58. The van der Waals surface area contributed by atoms with Gasteiger partial charge in [-0.1, -0.05) is 6.07 Å². The number of rotatable bonds is 3.